The minimum Gasteiger partial charge on any atom is -0.327 e. The lowest BCUT2D eigenvalue weighted by Crippen LogP contribution is -2.60. The Balaban J connectivity index is 1.72. The quantitative estimate of drug-likeness (QED) is 0.778. The van der Waals surface area contributed by atoms with Crippen LogP contribution in [0.4, 0.5) is 0 Å². The lowest BCUT2D eigenvalue weighted by atomic mass is 9.39. The lowest BCUT2D eigenvalue weighted by molar-refractivity contribution is -0.152. The van der Waals surface area contributed by atoms with Crippen LogP contribution in [0.1, 0.15) is 77.6 Å². The van der Waals surface area contributed by atoms with Crippen LogP contribution >= 0.6 is 0 Å². The minimum atomic E-state index is 0.420. The highest BCUT2D eigenvalue weighted by molar-refractivity contribution is 5.12. The van der Waals surface area contributed by atoms with Crippen molar-refractivity contribution >= 4 is 0 Å². The van der Waals surface area contributed by atoms with Crippen molar-refractivity contribution in [1.82, 2.24) is 0 Å². The zero-order valence-electron chi connectivity index (χ0n) is 12.7. The number of rotatable bonds is 2. The molecular weight excluding hydrogens is 230 g/mol. The Morgan fingerprint density at radius 3 is 1.74 bits per heavy atom. The number of hydrogen-bond acceptors (Lipinski definition) is 1. The summed E-state index contributed by atoms with van der Waals surface area (Å²) in [7, 11) is 0. The third-order valence-corrected chi connectivity index (χ3v) is 7.71. The molecule has 19 heavy (non-hydrogen) atoms. The molecule has 1 atom stereocenters. The molecule has 0 spiro atoms. The Kier molecular flexibility index (Phi) is 2.82. The van der Waals surface area contributed by atoms with E-state index in [1.54, 1.807) is 38.5 Å². The average Bonchev–Trinajstić information content (AvgIpc) is 2.37. The van der Waals surface area contributed by atoms with Gasteiger partial charge in [-0.3, -0.25) is 0 Å². The second kappa shape index (κ2) is 4.23. The van der Waals surface area contributed by atoms with Gasteiger partial charge in [0.05, 0.1) is 0 Å². The van der Waals surface area contributed by atoms with Crippen LogP contribution < -0.4 is 5.73 Å². The topological polar surface area (TPSA) is 26.0 Å². The lowest BCUT2D eigenvalue weighted by Gasteiger charge is -2.66. The third kappa shape index (κ3) is 1.69. The van der Waals surface area contributed by atoms with Gasteiger partial charge in [-0.1, -0.05) is 19.3 Å². The Labute approximate surface area is 118 Å². The monoisotopic (exact) mass is 261 g/mol. The fourth-order valence-electron chi connectivity index (χ4n) is 7.37. The summed E-state index contributed by atoms with van der Waals surface area (Å²) in [5, 5.41) is 0. The number of hydrogen-bond donors (Lipinski definition) is 1. The van der Waals surface area contributed by atoms with Crippen molar-refractivity contribution < 1.29 is 0 Å². The zero-order valence-corrected chi connectivity index (χ0v) is 12.7. The molecule has 2 N–H and O–H groups in total. The fraction of sp³-hybridized carbons (Fsp3) is 1.00. The maximum Gasteiger partial charge on any atom is 0.00723 e. The van der Waals surface area contributed by atoms with E-state index in [1.165, 1.54) is 32.1 Å². The van der Waals surface area contributed by atoms with Gasteiger partial charge >= 0.3 is 0 Å². The van der Waals surface area contributed by atoms with Crippen molar-refractivity contribution in [2.45, 2.75) is 83.6 Å². The van der Waals surface area contributed by atoms with Crippen LogP contribution in [0.25, 0.3) is 0 Å². The maximum atomic E-state index is 6.62. The molecule has 5 aliphatic carbocycles. The van der Waals surface area contributed by atoms with Crippen LogP contribution in [0.15, 0.2) is 0 Å². The van der Waals surface area contributed by atoms with E-state index in [-0.39, 0.29) is 0 Å². The summed E-state index contributed by atoms with van der Waals surface area (Å²) in [6.45, 7) is 2.34. The van der Waals surface area contributed by atoms with Gasteiger partial charge in [-0.15, -0.1) is 0 Å². The van der Waals surface area contributed by atoms with Gasteiger partial charge in [-0.05, 0) is 86.9 Å². The van der Waals surface area contributed by atoms with Gasteiger partial charge in [0.15, 0.2) is 0 Å². The minimum absolute atomic E-state index is 0.420. The summed E-state index contributed by atoms with van der Waals surface area (Å²) >= 11 is 0. The molecule has 0 heterocycles. The summed E-state index contributed by atoms with van der Waals surface area (Å²) in [5.74, 6) is 3.22. The summed E-state index contributed by atoms with van der Waals surface area (Å²) in [6, 6.07) is 0.420. The van der Waals surface area contributed by atoms with Gasteiger partial charge < -0.3 is 5.73 Å². The molecule has 5 rings (SSSR count). The molecule has 0 aromatic heterocycles. The van der Waals surface area contributed by atoms with Crippen molar-refractivity contribution in [2.75, 3.05) is 0 Å². The predicted molar refractivity (Wildman–Crippen MR) is 79.8 cm³/mol. The second-order valence-electron chi connectivity index (χ2n) is 8.70. The molecule has 0 aromatic carbocycles. The van der Waals surface area contributed by atoms with Crippen LogP contribution in [-0.2, 0) is 0 Å². The molecule has 0 aromatic rings. The van der Waals surface area contributed by atoms with Crippen molar-refractivity contribution in [1.29, 1.82) is 0 Å². The van der Waals surface area contributed by atoms with E-state index in [9.17, 15) is 0 Å². The van der Waals surface area contributed by atoms with Crippen molar-refractivity contribution in [2.24, 2.45) is 34.3 Å². The van der Waals surface area contributed by atoms with E-state index in [4.69, 9.17) is 5.73 Å². The van der Waals surface area contributed by atoms with Gasteiger partial charge in [-0.25, -0.2) is 0 Å². The molecule has 1 unspecified atom stereocenters. The molecule has 5 fully saturated rings. The van der Waals surface area contributed by atoms with Gasteiger partial charge in [0, 0.05) is 6.04 Å². The van der Waals surface area contributed by atoms with E-state index in [0.717, 1.165) is 17.8 Å². The highest BCUT2D eigenvalue weighted by Crippen LogP contribution is 2.69. The highest BCUT2D eigenvalue weighted by Gasteiger charge is 2.61. The van der Waals surface area contributed by atoms with E-state index in [1.807, 2.05) is 0 Å². The Hall–Kier alpha value is -0.0400. The van der Waals surface area contributed by atoms with Gasteiger partial charge in [0.1, 0.15) is 0 Å². The highest BCUT2D eigenvalue weighted by atomic mass is 14.8. The first kappa shape index (κ1) is 12.7. The molecular formula is C18H31N. The van der Waals surface area contributed by atoms with E-state index >= 15 is 0 Å². The van der Waals surface area contributed by atoms with Crippen LogP contribution in [0, 0.1) is 28.6 Å². The Morgan fingerprint density at radius 2 is 1.32 bits per heavy atom. The van der Waals surface area contributed by atoms with Crippen LogP contribution in [-0.4, -0.2) is 6.04 Å². The maximum absolute atomic E-state index is 6.62. The standard InChI is InChI=1S/C18H31N/c1-13(19)18(5-3-2-4-6-18)17-10-14-7-15(11-17)9-16(8-14)12-17/h13-16H,2-12,19H2,1H3. The summed E-state index contributed by atoms with van der Waals surface area (Å²) in [6.07, 6.45) is 16.6. The van der Waals surface area contributed by atoms with Crippen LogP contribution in [0.2, 0.25) is 0 Å². The summed E-state index contributed by atoms with van der Waals surface area (Å²) in [5.41, 5.74) is 7.80. The van der Waals surface area contributed by atoms with Crippen molar-refractivity contribution in [3.63, 3.8) is 0 Å². The van der Waals surface area contributed by atoms with E-state index in [0.29, 0.717) is 16.9 Å². The summed E-state index contributed by atoms with van der Waals surface area (Å²) in [4.78, 5) is 0. The smallest absolute Gasteiger partial charge is 0.00723 e. The predicted octanol–water partition coefficient (Wildman–Crippen LogP) is 4.50. The first-order valence-corrected chi connectivity index (χ1v) is 8.89. The van der Waals surface area contributed by atoms with Crippen molar-refractivity contribution in [3.05, 3.63) is 0 Å². The second-order valence-corrected chi connectivity index (χ2v) is 8.70. The molecule has 5 aliphatic rings. The molecule has 0 saturated heterocycles. The first-order chi connectivity index (χ1) is 9.14. The molecule has 1 nitrogen and oxygen atoms in total. The molecule has 5 saturated carbocycles. The fourth-order valence-corrected chi connectivity index (χ4v) is 7.37. The number of nitrogens with two attached hydrogens (primary N) is 1. The molecule has 4 bridgehead atoms. The first-order valence-electron chi connectivity index (χ1n) is 8.89. The van der Waals surface area contributed by atoms with Crippen LogP contribution in [0.3, 0.4) is 0 Å². The average molecular weight is 261 g/mol. The molecule has 0 radical (unpaired) electrons. The molecule has 108 valence electrons. The summed E-state index contributed by atoms with van der Waals surface area (Å²) < 4.78 is 0. The zero-order chi connectivity index (χ0) is 13.1. The Bertz CT molecular complexity index is 315. The third-order valence-electron chi connectivity index (χ3n) is 7.71. The van der Waals surface area contributed by atoms with Crippen molar-refractivity contribution in [3.8, 4) is 0 Å². The van der Waals surface area contributed by atoms with E-state index in [2.05, 4.69) is 6.92 Å². The normalized spacial score (nSPS) is 49.3. The SMILES string of the molecule is CC(N)C1(C23CC4CC(CC(C4)C2)C3)CCCCC1. The molecule has 0 aliphatic heterocycles. The van der Waals surface area contributed by atoms with E-state index < -0.39 is 0 Å². The van der Waals surface area contributed by atoms with Gasteiger partial charge in [-0.2, -0.15) is 0 Å². The van der Waals surface area contributed by atoms with Gasteiger partial charge in [0.25, 0.3) is 0 Å². The molecule has 0 amide bonds. The largest absolute Gasteiger partial charge is 0.327 e. The van der Waals surface area contributed by atoms with Crippen LogP contribution in [0.5, 0.6) is 0 Å². The van der Waals surface area contributed by atoms with Gasteiger partial charge in [0.2, 0.25) is 0 Å². The Morgan fingerprint density at radius 1 is 0.842 bits per heavy atom. The molecule has 1 heteroatoms.